The molecule has 0 fully saturated rings. The molecule has 86 valence electrons. The molecule has 2 rings (SSSR count). The highest BCUT2D eigenvalue weighted by atomic mass is 35.5. The van der Waals surface area contributed by atoms with Gasteiger partial charge in [-0.25, -0.2) is 9.98 Å². The van der Waals surface area contributed by atoms with Crippen LogP contribution in [-0.2, 0) is 6.54 Å². The van der Waals surface area contributed by atoms with E-state index in [0.29, 0.717) is 18.2 Å². The van der Waals surface area contributed by atoms with Gasteiger partial charge in [-0.15, -0.1) is 11.6 Å². The number of alkyl halides is 2. The lowest BCUT2D eigenvalue weighted by Gasteiger charge is -2.16. The van der Waals surface area contributed by atoms with Crippen molar-refractivity contribution in [1.82, 2.24) is 9.55 Å². The third kappa shape index (κ3) is 2.15. The van der Waals surface area contributed by atoms with E-state index in [1.165, 1.54) is 0 Å². The van der Waals surface area contributed by atoms with Crippen molar-refractivity contribution in [1.29, 1.82) is 0 Å². The van der Waals surface area contributed by atoms with Crippen molar-refractivity contribution in [2.24, 2.45) is 10.7 Å². The van der Waals surface area contributed by atoms with Crippen molar-refractivity contribution in [2.75, 3.05) is 11.2 Å². The number of allylic oxidation sites excluding steroid dienone is 2. The van der Waals surface area contributed by atoms with E-state index >= 15 is 0 Å². The number of fused-ring (bicyclic) bond motifs is 1. The Labute approximate surface area is 103 Å². The molecule has 7 heteroatoms. The van der Waals surface area contributed by atoms with Gasteiger partial charge in [0.05, 0.1) is 6.33 Å². The second-order valence-corrected chi connectivity index (χ2v) is 3.95. The lowest BCUT2D eigenvalue weighted by molar-refractivity contribution is 0.743. The molecule has 1 aromatic heterocycles. The van der Waals surface area contributed by atoms with Gasteiger partial charge in [-0.3, -0.25) is 0 Å². The molecule has 1 unspecified atom stereocenters. The molecule has 1 atom stereocenters. The normalized spacial score (nSPS) is 19.4. The summed E-state index contributed by atoms with van der Waals surface area (Å²) in [7, 11) is 0. The Kier molecular flexibility index (Phi) is 3.36. The number of imidazole rings is 1. The topological polar surface area (TPSA) is 68.2 Å². The predicted octanol–water partition coefficient (Wildman–Crippen LogP) is 1.66. The first-order chi connectivity index (χ1) is 7.72. The molecule has 0 amide bonds. The lowest BCUT2D eigenvalue weighted by Crippen LogP contribution is -2.27. The van der Waals surface area contributed by atoms with Crippen LogP contribution in [0.15, 0.2) is 23.5 Å². The zero-order chi connectivity index (χ0) is 11.5. The molecule has 1 aromatic rings. The van der Waals surface area contributed by atoms with E-state index in [2.05, 4.69) is 15.3 Å². The van der Waals surface area contributed by atoms with Crippen molar-refractivity contribution >= 4 is 35.0 Å². The second-order valence-electron chi connectivity index (χ2n) is 3.23. The zero-order valence-electron chi connectivity index (χ0n) is 8.40. The van der Waals surface area contributed by atoms with Crippen LogP contribution in [0.25, 0.3) is 0 Å². The first kappa shape index (κ1) is 11.3. The second kappa shape index (κ2) is 4.76. The largest absolute Gasteiger partial charge is 0.370 e. The molecule has 1 aliphatic heterocycles. The number of guanidine groups is 1. The van der Waals surface area contributed by atoms with E-state index in [4.69, 9.17) is 28.9 Å². The molecule has 0 spiro atoms. The molecular weight excluding hydrogens is 249 g/mol. The Morgan fingerprint density at radius 3 is 3.12 bits per heavy atom. The third-order valence-corrected chi connectivity index (χ3v) is 2.64. The standard InChI is InChI=1S/C9H11Cl2N5/c10-3-1-2-4-16-5-13-8-6(16)7(11)14-9(12)15-8/h1-2,5,7H,3-4H2,(H3,12,14,15)/b2-1+. The van der Waals surface area contributed by atoms with E-state index in [0.717, 1.165) is 5.69 Å². The summed E-state index contributed by atoms with van der Waals surface area (Å²) in [5.41, 5.74) is 5.86. The number of halogens is 2. The number of aliphatic imine (C=N–C) groups is 1. The maximum Gasteiger partial charge on any atom is 0.196 e. The molecule has 0 radical (unpaired) electrons. The van der Waals surface area contributed by atoms with Crippen LogP contribution in [0.3, 0.4) is 0 Å². The summed E-state index contributed by atoms with van der Waals surface area (Å²) in [5, 5.41) is 2.86. The maximum absolute atomic E-state index is 6.08. The van der Waals surface area contributed by atoms with Gasteiger partial charge in [-0.2, -0.15) is 0 Å². The SMILES string of the molecule is NC1=NC(Cl)c2c(ncn2C/C=C/CCl)N1. The fourth-order valence-corrected chi connectivity index (χ4v) is 1.93. The van der Waals surface area contributed by atoms with Crippen LogP contribution in [0.5, 0.6) is 0 Å². The molecule has 5 nitrogen and oxygen atoms in total. The number of nitrogens with one attached hydrogen (secondary N) is 1. The monoisotopic (exact) mass is 259 g/mol. The summed E-state index contributed by atoms with van der Waals surface area (Å²) in [6.07, 6.45) is 5.51. The van der Waals surface area contributed by atoms with Gasteiger partial charge in [-0.05, 0) is 0 Å². The lowest BCUT2D eigenvalue weighted by atomic mass is 10.3. The fraction of sp³-hybridized carbons (Fsp3) is 0.333. The molecular formula is C9H11Cl2N5. The van der Waals surface area contributed by atoms with Gasteiger partial charge >= 0.3 is 0 Å². The first-order valence-electron chi connectivity index (χ1n) is 4.72. The zero-order valence-corrected chi connectivity index (χ0v) is 9.91. The molecule has 16 heavy (non-hydrogen) atoms. The first-order valence-corrected chi connectivity index (χ1v) is 5.70. The predicted molar refractivity (Wildman–Crippen MR) is 65.9 cm³/mol. The molecule has 0 bridgehead atoms. The Bertz CT molecular complexity index is 437. The molecule has 3 N–H and O–H groups in total. The highest BCUT2D eigenvalue weighted by molar-refractivity contribution is 6.22. The smallest absolute Gasteiger partial charge is 0.196 e. The average molecular weight is 260 g/mol. The van der Waals surface area contributed by atoms with Gasteiger partial charge in [0.1, 0.15) is 5.69 Å². The van der Waals surface area contributed by atoms with Crippen LogP contribution >= 0.6 is 23.2 Å². The maximum atomic E-state index is 6.08. The van der Waals surface area contributed by atoms with E-state index in [1.807, 2.05) is 16.7 Å². The van der Waals surface area contributed by atoms with Crippen LogP contribution in [0.2, 0.25) is 0 Å². The number of aromatic nitrogens is 2. The quantitative estimate of drug-likeness (QED) is 0.493. The molecule has 0 saturated heterocycles. The minimum absolute atomic E-state index is 0.286. The fourth-order valence-electron chi connectivity index (χ4n) is 1.47. The Balaban J connectivity index is 2.23. The number of hydrogen-bond acceptors (Lipinski definition) is 4. The van der Waals surface area contributed by atoms with Gasteiger partial charge in [0.2, 0.25) is 0 Å². The van der Waals surface area contributed by atoms with Crippen LogP contribution < -0.4 is 11.1 Å². The van der Waals surface area contributed by atoms with Crippen LogP contribution in [0.4, 0.5) is 5.82 Å². The molecule has 0 aromatic carbocycles. The highest BCUT2D eigenvalue weighted by Crippen LogP contribution is 2.31. The van der Waals surface area contributed by atoms with Crippen molar-refractivity contribution in [2.45, 2.75) is 12.0 Å². The molecule has 1 aliphatic rings. The van der Waals surface area contributed by atoms with Crippen molar-refractivity contribution < 1.29 is 0 Å². The third-order valence-electron chi connectivity index (χ3n) is 2.16. The van der Waals surface area contributed by atoms with Gasteiger partial charge in [-0.1, -0.05) is 23.8 Å². The van der Waals surface area contributed by atoms with Gasteiger partial charge in [0.15, 0.2) is 17.3 Å². The summed E-state index contributed by atoms with van der Waals surface area (Å²) < 4.78 is 1.90. The molecule has 2 heterocycles. The summed E-state index contributed by atoms with van der Waals surface area (Å²) >= 11 is 11.6. The van der Waals surface area contributed by atoms with E-state index in [1.54, 1.807) is 6.33 Å². The Morgan fingerprint density at radius 2 is 2.38 bits per heavy atom. The Hall–Kier alpha value is -1.20. The van der Waals surface area contributed by atoms with Gasteiger partial charge < -0.3 is 15.6 Å². The minimum Gasteiger partial charge on any atom is -0.370 e. The van der Waals surface area contributed by atoms with Gasteiger partial charge in [0, 0.05) is 12.4 Å². The minimum atomic E-state index is -0.497. The Morgan fingerprint density at radius 1 is 1.56 bits per heavy atom. The van der Waals surface area contributed by atoms with Crippen molar-refractivity contribution in [3.8, 4) is 0 Å². The number of rotatable bonds is 3. The van der Waals surface area contributed by atoms with E-state index in [9.17, 15) is 0 Å². The van der Waals surface area contributed by atoms with Crippen molar-refractivity contribution in [3.63, 3.8) is 0 Å². The van der Waals surface area contributed by atoms with Crippen LogP contribution in [-0.4, -0.2) is 21.4 Å². The average Bonchev–Trinajstić information content (AvgIpc) is 2.62. The van der Waals surface area contributed by atoms with Crippen LogP contribution in [0, 0.1) is 0 Å². The molecule has 0 aliphatic carbocycles. The summed E-state index contributed by atoms with van der Waals surface area (Å²) in [5.74, 6) is 1.44. The summed E-state index contributed by atoms with van der Waals surface area (Å²) in [6, 6.07) is 0. The van der Waals surface area contributed by atoms with E-state index < -0.39 is 5.50 Å². The van der Waals surface area contributed by atoms with Crippen LogP contribution in [0.1, 0.15) is 11.2 Å². The summed E-state index contributed by atoms with van der Waals surface area (Å²) in [6.45, 7) is 0.662. The van der Waals surface area contributed by atoms with E-state index in [-0.39, 0.29) is 5.96 Å². The number of hydrogen-bond donors (Lipinski definition) is 2. The highest BCUT2D eigenvalue weighted by Gasteiger charge is 2.23. The van der Waals surface area contributed by atoms with Gasteiger partial charge in [0.25, 0.3) is 0 Å². The summed E-state index contributed by atoms with van der Waals surface area (Å²) in [4.78, 5) is 8.20. The number of nitrogens with zero attached hydrogens (tertiary/aromatic N) is 3. The number of nitrogens with two attached hydrogens (primary N) is 1. The molecule has 0 saturated carbocycles. The van der Waals surface area contributed by atoms with Crippen molar-refractivity contribution in [3.05, 3.63) is 24.2 Å². The number of anilines is 1.